The van der Waals surface area contributed by atoms with Crippen molar-refractivity contribution in [2.45, 2.75) is 45.3 Å². The molecule has 0 aromatic heterocycles. The zero-order valence-electron chi connectivity index (χ0n) is 8.98. The molecule has 0 radical (unpaired) electrons. The molecule has 13 heavy (non-hydrogen) atoms. The Bertz CT molecular complexity index is 191. The molecule has 0 aliphatic carbocycles. The van der Waals surface area contributed by atoms with Gasteiger partial charge < -0.3 is 4.74 Å². The molecule has 0 fully saturated rings. The molecule has 1 unspecified atom stereocenters. The van der Waals surface area contributed by atoms with Gasteiger partial charge in [0.25, 0.3) is 0 Å². The summed E-state index contributed by atoms with van der Waals surface area (Å²) >= 11 is 0. The topological polar surface area (TPSA) is 47.3 Å². The molecule has 0 aromatic rings. The fourth-order valence-electron chi connectivity index (χ4n) is 1.09. The van der Waals surface area contributed by atoms with Crippen LogP contribution in [0.1, 0.15) is 33.6 Å². The zero-order valence-corrected chi connectivity index (χ0v) is 8.98. The van der Waals surface area contributed by atoms with E-state index in [4.69, 9.17) is 10.6 Å². The van der Waals surface area contributed by atoms with Crippen molar-refractivity contribution in [3.8, 4) is 11.8 Å². The van der Waals surface area contributed by atoms with Gasteiger partial charge in [0.1, 0.15) is 0 Å². The fraction of sp³-hybridized carbons (Fsp3) is 0.800. The molecule has 1 atom stereocenters. The highest BCUT2D eigenvalue weighted by atomic mass is 16.5. The van der Waals surface area contributed by atoms with E-state index in [1.807, 2.05) is 20.8 Å². The molecule has 3 heteroatoms. The molecule has 0 aliphatic rings. The van der Waals surface area contributed by atoms with Gasteiger partial charge in [-0.3, -0.25) is 11.3 Å². The van der Waals surface area contributed by atoms with E-state index in [-0.39, 0.29) is 11.6 Å². The Kier molecular flexibility index (Phi) is 5.72. The third-order valence-corrected chi connectivity index (χ3v) is 2.05. The summed E-state index contributed by atoms with van der Waals surface area (Å²) in [6, 6.07) is 0.197. The van der Waals surface area contributed by atoms with Crippen LogP contribution in [0.2, 0.25) is 0 Å². The lowest BCUT2D eigenvalue weighted by Gasteiger charge is -2.27. The van der Waals surface area contributed by atoms with Gasteiger partial charge in [-0.05, 0) is 27.2 Å². The minimum absolute atomic E-state index is 0.146. The van der Waals surface area contributed by atoms with Crippen LogP contribution in [0.15, 0.2) is 0 Å². The van der Waals surface area contributed by atoms with Crippen LogP contribution in [0.25, 0.3) is 0 Å². The van der Waals surface area contributed by atoms with Gasteiger partial charge in [-0.1, -0.05) is 0 Å². The summed E-state index contributed by atoms with van der Waals surface area (Å²) in [5, 5.41) is 0. The molecule has 0 aromatic carbocycles. The van der Waals surface area contributed by atoms with Crippen molar-refractivity contribution < 1.29 is 4.74 Å². The Morgan fingerprint density at radius 1 is 1.54 bits per heavy atom. The van der Waals surface area contributed by atoms with Crippen molar-refractivity contribution in [2.75, 3.05) is 7.11 Å². The van der Waals surface area contributed by atoms with Crippen molar-refractivity contribution >= 4 is 0 Å². The summed E-state index contributed by atoms with van der Waals surface area (Å²) in [4.78, 5) is 0. The van der Waals surface area contributed by atoms with E-state index < -0.39 is 0 Å². The van der Waals surface area contributed by atoms with E-state index in [1.54, 1.807) is 7.11 Å². The van der Waals surface area contributed by atoms with Gasteiger partial charge >= 0.3 is 0 Å². The first-order valence-corrected chi connectivity index (χ1v) is 4.46. The maximum atomic E-state index is 5.40. The Balaban J connectivity index is 4.01. The summed E-state index contributed by atoms with van der Waals surface area (Å²) in [6.45, 7) is 5.91. The number of hydrogen-bond acceptors (Lipinski definition) is 3. The summed E-state index contributed by atoms with van der Waals surface area (Å²) < 4.78 is 5.31. The zero-order chi connectivity index (χ0) is 10.3. The minimum atomic E-state index is -0.146. The second kappa shape index (κ2) is 5.98. The Hall–Kier alpha value is -0.560. The molecule has 0 rings (SSSR count). The predicted molar refractivity (Wildman–Crippen MR) is 54.9 cm³/mol. The van der Waals surface area contributed by atoms with Crippen LogP contribution >= 0.6 is 0 Å². The van der Waals surface area contributed by atoms with E-state index >= 15 is 0 Å². The Morgan fingerprint density at radius 2 is 2.15 bits per heavy atom. The number of nitrogens with one attached hydrogen (secondary N) is 1. The molecule has 76 valence electrons. The number of nitrogens with two attached hydrogens (primary N) is 1. The monoisotopic (exact) mass is 184 g/mol. The largest absolute Gasteiger partial charge is 0.379 e. The predicted octanol–water partition coefficient (Wildman–Crippen LogP) is 1.05. The van der Waals surface area contributed by atoms with Gasteiger partial charge in [0, 0.05) is 19.6 Å². The molecule has 3 N–H and O–H groups in total. The molecule has 0 bridgehead atoms. The van der Waals surface area contributed by atoms with Crippen LogP contribution in [0.4, 0.5) is 0 Å². The highest BCUT2D eigenvalue weighted by Crippen LogP contribution is 2.16. The van der Waals surface area contributed by atoms with Gasteiger partial charge in [0.05, 0.1) is 5.60 Å². The van der Waals surface area contributed by atoms with E-state index in [0.29, 0.717) is 0 Å². The highest BCUT2D eigenvalue weighted by Gasteiger charge is 2.21. The first-order chi connectivity index (χ1) is 6.05. The van der Waals surface area contributed by atoms with Crippen molar-refractivity contribution in [3.05, 3.63) is 0 Å². The fourth-order valence-corrected chi connectivity index (χ4v) is 1.09. The van der Waals surface area contributed by atoms with E-state index in [0.717, 1.165) is 12.8 Å². The van der Waals surface area contributed by atoms with Gasteiger partial charge in [-0.15, -0.1) is 11.8 Å². The van der Waals surface area contributed by atoms with Gasteiger partial charge in [0.15, 0.2) is 0 Å². The first kappa shape index (κ1) is 12.4. The van der Waals surface area contributed by atoms with Gasteiger partial charge in [-0.25, -0.2) is 0 Å². The molecule has 0 aliphatic heterocycles. The Labute approximate surface area is 81.0 Å². The van der Waals surface area contributed by atoms with Crippen molar-refractivity contribution in [3.63, 3.8) is 0 Å². The SMILES string of the molecule is CC#CCC(CC(C)(C)OC)NN. The highest BCUT2D eigenvalue weighted by molar-refractivity contribution is 4.98. The average Bonchev–Trinajstić information content (AvgIpc) is 2.12. The summed E-state index contributed by atoms with van der Waals surface area (Å²) in [6.07, 6.45) is 1.62. The lowest BCUT2D eigenvalue weighted by Crippen LogP contribution is -2.41. The van der Waals surface area contributed by atoms with Crippen LogP contribution in [0, 0.1) is 11.8 Å². The van der Waals surface area contributed by atoms with Crippen LogP contribution in [-0.4, -0.2) is 18.8 Å². The second-order valence-corrected chi connectivity index (χ2v) is 3.66. The molecular formula is C10H20N2O. The number of methoxy groups -OCH3 is 1. The Morgan fingerprint density at radius 3 is 2.54 bits per heavy atom. The number of ether oxygens (including phenoxy) is 1. The quantitative estimate of drug-likeness (QED) is 0.381. The lowest BCUT2D eigenvalue weighted by atomic mass is 9.97. The van der Waals surface area contributed by atoms with Crippen molar-refractivity contribution in [1.82, 2.24) is 5.43 Å². The van der Waals surface area contributed by atoms with Gasteiger partial charge in [-0.2, -0.15) is 0 Å². The van der Waals surface area contributed by atoms with Crippen LogP contribution < -0.4 is 11.3 Å². The van der Waals surface area contributed by atoms with Gasteiger partial charge in [0.2, 0.25) is 0 Å². The molecule has 3 nitrogen and oxygen atoms in total. The molecular weight excluding hydrogens is 164 g/mol. The summed E-state index contributed by atoms with van der Waals surface area (Å²) in [5.74, 6) is 11.2. The standard InChI is InChI=1S/C10H20N2O/c1-5-6-7-9(12-11)8-10(2,3)13-4/h9,12H,7-8,11H2,1-4H3. The van der Waals surface area contributed by atoms with Crippen LogP contribution in [0.3, 0.4) is 0 Å². The van der Waals surface area contributed by atoms with E-state index in [9.17, 15) is 0 Å². The number of hydrogen-bond donors (Lipinski definition) is 2. The molecule has 0 spiro atoms. The summed E-state index contributed by atoms with van der Waals surface area (Å²) in [7, 11) is 1.71. The maximum Gasteiger partial charge on any atom is 0.0638 e. The maximum absolute atomic E-state index is 5.40. The normalized spacial score (nSPS) is 13.3. The number of rotatable bonds is 5. The summed E-state index contributed by atoms with van der Waals surface area (Å²) in [5.41, 5.74) is 2.60. The second-order valence-electron chi connectivity index (χ2n) is 3.66. The van der Waals surface area contributed by atoms with E-state index in [1.165, 1.54) is 0 Å². The third-order valence-electron chi connectivity index (χ3n) is 2.05. The molecule has 0 amide bonds. The molecule has 0 saturated carbocycles. The van der Waals surface area contributed by atoms with E-state index in [2.05, 4.69) is 17.3 Å². The van der Waals surface area contributed by atoms with Crippen molar-refractivity contribution in [2.24, 2.45) is 5.84 Å². The van der Waals surface area contributed by atoms with Crippen LogP contribution in [0.5, 0.6) is 0 Å². The smallest absolute Gasteiger partial charge is 0.0638 e. The van der Waals surface area contributed by atoms with Crippen LogP contribution in [-0.2, 0) is 4.74 Å². The molecule has 0 heterocycles. The third kappa shape index (κ3) is 5.64. The first-order valence-electron chi connectivity index (χ1n) is 4.46. The average molecular weight is 184 g/mol. The lowest BCUT2D eigenvalue weighted by molar-refractivity contribution is 0.00748. The minimum Gasteiger partial charge on any atom is -0.379 e. The molecule has 0 saturated heterocycles. The van der Waals surface area contributed by atoms with Crippen molar-refractivity contribution in [1.29, 1.82) is 0 Å². The number of hydrazine groups is 1.